The highest BCUT2D eigenvalue weighted by Gasteiger charge is 2.31. The van der Waals surface area contributed by atoms with Crippen LogP contribution in [0.25, 0.3) is 0 Å². The molecule has 1 aromatic heterocycles. The number of nitrogens with zero attached hydrogens (tertiary/aromatic N) is 2. The Labute approximate surface area is 144 Å². The van der Waals surface area contributed by atoms with Crippen LogP contribution in [0.5, 0.6) is 0 Å². The molecule has 1 fully saturated rings. The van der Waals surface area contributed by atoms with Crippen molar-refractivity contribution in [1.82, 2.24) is 9.88 Å². The Morgan fingerprint density at radius 1 is 1.33 bits per heavy atom. The lowest BCUT2D eigenvalue weighted by molar-refractivity contribution is -0.159. The van der Waals surface area contributed by atoms with Crippen LogP contribution in [-0.2, 0) is 20.7 Å². The second-order valence-electron chi connectivity index (χ2n) is 7.41. The van der Waals surface area contributed by atoms with Gasteiger partial charge in [0.05, 0.1) is 6.42 Å². The smallest absolute Gasteiger partial charge is 0.307 e. The molecule has 1 amide bonds. The van der Waals surface area contributed by atoms with E-state index in [1.54, 1.807) is 12.4 Å². The SMILES string of the molecule is CC(C)(C)OC(=O)C[C@H]1CCCN(CCCc2ccncc2)C1=O. The number of likely N-dealkylation sites (tertiary alicyclic amines) is 1. The van der Waals surface area contributed by atoms with E-state index in [2.05, 4.69) is 4.98 Å². The molecule has 0 saturated carbocycles. The molecule has 2 heterocycles. The van der Waals surface area contributed by atoms with Gasteiger partial charge in [0.15, 0.2) is 0 Å². The van der Waals surface area contributed by atoms with Gasteiger partial charge in [-0.2, -0.15) is 0 Å². The van der Waals surface area contributed by atoms with Crippen LogP contribution in [0.2, 0.25) is 0 Å². The monoisotopic (exact) mass is 332 g/mol. The van der Waals surface area contributed by atoms with Crippen molar-refractivity contribution in [3.05, 3.63) is 30.1 Å². The summed E-state index contributed by atoms with van der Waals surface area (Å²) in [6.07, 6.45) is 7.36. The third-order valence-corrected chi connectivity index (χ3v) is 4.12. The zero-order valence-corrected chi connectivity index (χ0v) is 15.0. The lowest BCUT2D eigenvalue weighted by atomic mass is 9.93. The quantitative estimate of drug-likeness (QED) is 0.752. The number of piperidine rings is 1. The molecular weight excluding hydrogens is 304 g/mol. The summed E-state index contributed by atoms with van der Waals surface area (Å²) in [5.41, 5.74) is 0.735. The van der Waals surface area contributed by atoms with Gasteiger partial charge >= 0.3 is 5.97 Å². The van der Waals surface area contributed by atoms with Crippen molar-refractivity contribution in [1.29, 1.82) is 0 Å². The Hall–Kier alpha value is -1.91. The lowest BCUT2D eigenvalue weighted by Gasteiger charge is -2.32. The Bertz CT molecular complexity index is 551. The summed E-state index contributed by atoms with van der Waals surface area (Å²) < 4.78 is 5.35. The Kier molecular flexibility index (Phi) is 6.35. The molecule has 132 valence electrons. The summed E-state index contributed by atoms with van der Waals surface area (Å²) in [5.74, 6) is -0.407. The number of hydrogen-bond acceptors (Lipinski definition) is 4. The number of ether oxygens (including phenoxy) is 1. The number of pyridine rings is 1. The molecular formula is C19H28N2O3. The fourth-order valence-electron chi connectivity index (χ4n) is 3.04. The van der Waals surface area contributed by atoms with Gasteiger partial charge in [-0.05, 0) is 64.2 Å². The number of aromatic nitrogens is 1. The highest BCUT2D eigenvalue weighted by molar-refractivity contribution is 5.84. The first-order valence-electron chi connectivity index (χ1n) is 8.75. The number of hydrogen-bond donors (Lipinski definition) is 0. The van der Waals surface area contributed by atoms with Crippen molar-refractivity contribution in [2.75, 3.05) is 13.1 Å². The molecule has 0 bridgehead atoms. The topological polar surface area (TPSA) is 59.5 Å². The van der Waals surface area contributed by atoms with Gasteiger partial charge in [-0.1, -0.05) is 0 Å². The Morgan fingerprint density at radius 2 is 2.04 bits per heavy atom. The molecule has 24 heavy (non-hydrogen) atoms. The van der Waals surface area contributed by atoms with Crippen LogP contribution >= 0.6 is 0 Å². The van der Waals surface area contributed by atoms with Gasteiger partial charge in [-0.25, -0.2) is 0 Å². The van der Waals surface area contributed by atoms with Crippen LogP contribution in [0.15, 0.2) is 24.5 Å². The van der Waals surface area contributed by atoms with Gasteiger partial charge in [-0.15, -0.1) is 0 Å². The average Bonchev–Trinajstić information content (AvgIpc) is 2.50. The fraction of sp³-hybridized carbons (Fsp3) is 0.632. The van der Waals surface area contributed by atoms with Crippen molar-refractivity contribution in [2.24, 2.45) is 5.92 Å². The Morgan fingerprint density at radius 3 is 2.71 bits per heavy atom. The lowest BCUT2D eigenvalue weighted by Crippen LogP contribution is -2.43. The molecule has 1 aromatic rings. The van der Waals surface area contributed by atoms with Gasteiger partial charge in [0.1, 0.15) is 5.60 Å². The molecule has 5 heteroatoms. The van der Waals surface area contributed by atoms with Gasteiger partial charge in [0.2, 0.25) is 5.91 Å². The molecule has 0 spiro atoms. The zero-order valence-electron chi connectivity index (χ0n) is 15.0. The largest absolute Gasteiger partial charge is 0.460 e. The maximum atomic E-state index is 12.6. The Balaban J connectivity index is 1.80. The summed E-state index contributed by atoms with van der Waals surface area (Å²) >= 11 is 0. The summed E-state index contributed by atoms with van der Waals surface area (Å²) in [7, 11) is 0. The second-order valence-corrected chi connectivity index (χ2v) is 7.41. The minimum Gasteiger partial charge on any atom is -0.460 e. The minimum absolute atomic E-state index is 0.0989. The first-order chi connectivity index (χ1) is 11.3. The number of amides is 1. The van der Waals surface area contributed by atoms with Crippen molar-refractivity contribution in [2.45, 2.75) is 58.5 Å². The maximum Gasteiger partial charge on any atom is 0.307 e. The van der Waals surface area contributed by atoms with Gasteiger partial charge < -0.3 is 9.64 Å². The highest BCUT2D eigenvalue weighted by Crippen LogP contribution is 2.23. The molecule has 0 unspecified atom stereocenters. The van der Waals surface area contributed by atoms with E-state index < -0.39 is 5.60 Å². The maximum absolute atomic E-state index is 12.6. The third-order valence-electron chi connectivity index (χ3n) is 4.12. The third kappa shape index (κ3) is 5.95. The molecule has 0 aliphatic carbocycles. The van der Waals surface area contributed by atoms with Crippen LogP contribution in [0.4, 0.5) is 0 Å². The number of esters is 1. The molecule has 1 saturated heterocycles. The van der Waals surface area contributed by atoms with Crippen LogP contribution in [0.3, 0.4) is 0 Å². The first kappa shape index (κ1) is 18.4. The number of carbonyl (C=O) groups is 2. The molecule has 0 aromatic carbocycles. The van der Waals surface area contributed by atoms with Crippen molar-refractivity contribution in [3.63, 3.8) is 0 Å². The van der Waals surface area contributed by atoms with E-state index in [4.69, 9.17) is 4.74 Å². The van der Waals surface area contributed by atoms with E-state index in [9.17, 15) is 9.59 Å². The minimum atomic E-state index is -0.501. The summed E-state index contributed by atoms with van der Waals surface area (Å²) in [6.45, 7) is 7.07. The summed E-state index contributed by atoms with van der Waals surface area (Å²) in [4.78, 5) is 30.5. The fourth-order valence-corrected chi connectivity index (χ4v) is 3.04. The molecule has 2 rings (SSSR count). The predicted octanol–water partition coefficient (Wildman–Crippen LogP) is 2.98. The molecule has 0 radical (unpaired) electrons. The normalized spacial score (nSPS) is 18.5. The van der Waals surface area contributed by atoms with Crippen LogP contribution in [0.1, 0.15) is 52.0 Å². The van der Waals surface area contributed by atoms with Crippen LogP contribution in [0, 0.1) is 5.92 Å². The van der Waals surface area contributed by atoms with Crippen molar-refractivity contribution >= 4 is 11.9 Å². The average molecular weight is 332 g/mol. The molecule has 1 aliphatic rings. The van der Waals surface area contributed by atoms with E-state index >= 15 is 0 Å². The van der Waals surface area contributed by atoms with E-state index in [0.717, 1.165) is 38.8 Å². The van der Waals surface area contributed by atoms with E-state index in [1.807, 2.05) is 37.8 Å². The van der Waals surface area contributed by atoms with Gasteiger partial charge in [0.25, 0.3) is 0 Å². The van der Waals surface area contributed by atoms with Crippen LogP contribution < -0.4 is 0 Å². The van der Waals surface area contributed by atoms with Crippen molar-refractivity contribution in [3.8, 4) is 0 Å². The number of carbonyl (C=O) groups excluding carboxylic acids is 2. The molecule has 1 aliphatic heterocycles. The number of aryl methyl sites for hydroxylation is 1. The van der Waals surface area contributed by atoms with E-state index in [0.29, 0.717) is 0 Å². The predicted molar refractivity (Wildman–Crippen MR) is 92.3 cm³/mol. The second kappa shape index (κ2) is 8.27. The summed E-state index contributed by atoms with van der Waals surface area (Å²) in [6, 6.07) is 4.01. The van der Waals surface area contributed by atoms with E-state index in [1.165, 1.54) is 5.56 Å². The van der Waals surface area contributed by atoms with Crippen LogP contribution in [-0.4, -0.2) is 40.5 Å². The van der Waals surface area contributed by atoms with Gasteiger partial charge in [-0.3, -0.25) is 14.6 Å². The van der Waals surface area contributed by atoms with Crippen molar-refractivity contribution < 1.29 is 14.3 Å². The molecule has 0 N–H and O–H groups in total. The van der Waals surface area contributed by atoms with Gasteiger partial charge in [0, 0.05) is 31.4 Å². The highest BCUT2D eigenvalue weighted by atomic mass is 16.6. The first-order valence-corrected chi connectivity index (χ1v) is 8.75. The number of rotatable bonds is 6. The standard InChI is InChI=1S/C19H28N2O3/c1-19(2,3)24-17(22)14-16-7-5-13-21(18(16)23)12-4-6-15-8-10-20-11-9-15/h8-11,16H,4-7,12-14H2,1-3H3/t16-/m1/s1. The van der Waals surface area contributed by atoms with E-state index in [-0.39, 0.29) is 24.2 Å². The molecule has 5 nitrogen and oxygen atoms in total. The summed E-state index contributed by atoms with van der Waals surface area (Å²) in [5, 5.41) is 0. The zero-order chi connectivity index (χ0) is 17.6. The molecule has 1 atom stereocenters.